The van der Waals surface area contributed by atoms with Crippen LogP contribution in [-0.4, -0.2) is 87.4 Å². The standard InChI is InChI=1S/C58H103NO8/c1-6-8-10-12-14-16-18-20-22-24-25-26-27-28-29-30-31-33-34-36-38-40-42-44-46-48-55(60)65-52-54(53-66-58(57(62)63)64-51-50-59(3,4)5)67-56(61)49-47-45-43-41-39-37-35-32-23-21-19-17-15-13-11-9-7-2/h9,11,15,17-18,20-21,23-25,54,58H,6-8,10,12-14,16,19,22,26-53H2,1-5H3/p+1/b11-9-,17-15-,20-18-,23-21-,25-24-. The summed E-state index contributed by atoms with van der Waals surface area (Å²) in [6.45, 7) is 4.75. The molecule has 0 saturated heterocycles. The molecule has 0 fully saturated rings. The second-order valence-corrected chi connectivity index (χ2v) is 19.5. The summed E-state index contributed by atoms with van der Waals surface area (Å²) in [6.07, 6.45) is 58.6. The highest BCUT2D eigenvalue weighted by molar-refractivity contribution is 5.71. The van der Waals surface area contributed by atoms with E-state index < -0.39 is 24.3 Å². The summed E-state index contributed by atoms with van der Waals surface area (Å²) in [4.78, 5) is 37.3. The summed E-state index contributed by atoms with van der Waals surface area (Å²) in [5.74, 6) is -2.02. The zero-order valence-corrected chi connectivity index (χ0v) is 44.1. The zero-order chi connectivity index (χ0) is 49.2. The molecule has 2 atom stereocenters. The van der Waals surface area contributed by atoms with Gasteiger partial charge in [-0.25, -0.2) is 4.79 Å². The summed E-state index contributed by atoms with van der Waals surface area (Å²) in [6, 6.07) is 0. The van der Waals surface area contributed by atoms with Gasteiger partial charge in [-0.05, 0) is 77.0 Å². The molecule has 0 rings (SSSR count). The Balaban J connectivity index is 4.25. The lowest BCUT2D eigenvalue weighted by molar-refractivity contribution is -0.870. The van der Waals surface area contributed by atoms with Gasteiger partial charge in [0.25, 0.3) is 6.29 Å². The SMILES string of the molecule is CC/C=C\C/C=C\C/C=C\CCCCCCCCCC(=O)OC(COC(=O)CCCCCCCCCCCCCCC/C=C\C/C=C\CCCCCCC)COC(OCC[N+](C)(C)C)C(=O)O. The Morgan fingerprint density at radius 2 is 0.851 bits per heavy atom. The number of rotatable bonds is 50. The van der Waals surface area contributed by atoms with Crippen molar-refractivity contribution in [2.45, 2.75) is 245 Å². The number of carbonyl (C=O) groups excluding carboxylic acids is 2. The van der Waals surface area contributed by atoms with Crippen LogP contribution in [0.3, 0.4) is 0 Å². The van der Waals surface area contributed by atoms with Gasteiger partial charge in [0.05, 0.1) is 34.4 Å². The molecule has 0 heterocycles. The number of carboxylic acids is 1. The molecule has 67 heavy (non-hydrogen) atoms. The van der Waals surface area contributed by atoms with Crippen LogP contribution in [0.25, 0.3) is 0 Å². The molecule has 0 saturated carbocycles. The van der Waals surface area contributed by atoms with E-state index in [1.807, 2.05) is 21.1 Å². The van der Waals surface area contributed by atoms with Crippen molar-refractivity contribution in [1.29, 1.82) is 0 Å². The normalized spacial score (nSPS) is 13.3. The average Bonchev–Trinajstić information content (AvgIpc) is 3.29. The largest absolute Gasteiger partial charge is 0.477 e. The van der Waals surface area contributed by atoms with E-state index in [1.165, 1.54) is 128 Å². The second kappa shape index (κ2) is 49.4. The highest BCUT2D eigenvalue weighted by Crippen LogP contribution is 2.15. The first-order chi connectivity index (χ1) is 32.6. The fourth-order valence-electron chi connectivity index (χ4n) is 7.53. The van der Waals surface area contributed by atoms with Crippen molar-refractivity contribution < 1.29 is 42.9 Å². The fourth-order valence-corrected chi connectivity index (χ4v) is 7.53. The summed E-state index contributed by atoms with van der Waals surface area (Å²) < 4.78 is 22.8. The molecule has 1 N–H and O–H groups in total. The number of aliphatic carboxylic acids is 1. The predicted molar refractivity (Wildman–Crippen MR) is 281 cm³/mol. The van der Waals surface area contributed by atoms with Gasteiger partial charge in [-0.15, -0.1) is 0 Å². The minimum Gasteiger partial charge on any atom is -0.477 e. The number of unbranched alkanes of at least 4 members (excludes halogenated alkanes) is 25. The molecule has 0 spiro atoms. The number of esters is 2. The molecule has 388 valence electrons. The molecule has 2 unspecified atom stereocenters. The maximum absolute atomic E-state index is 12.8. The van der Waals surface area contributed by atoms with Gasteiger partial charge < -0.3 is 28.5 Å². The quantitative estimate of drug-likeness (QED) is 0.0211. The van der Waals surface area contributed by atoms with Gasteiger partial charge in [0, 0.05) is 12.8 Å². The van der Waals surface area contributed by atoms with Gasteiger partial charge in [0.2, 0.25) is 0 Å². The van der Waals surface area contributed by atoms with Crippen LogP contribution in [0.5, 0.6) is 0 Å². The molecular weight excluding hydrogens is 839 g/mol. The number of ether oxygens (including phenoxy) is 4. The Kier molecular flexibility index (Phi) is 47.2. The van der Waals surface area contributed by atoms with Crippen LogP contribution in [0, 0.1) is 0 Å². The number of carbonyl (C=O) groups is 3. The zero-order valence-electron chi connectivity index (χ0n) is 44.1. The van der Waals surface area contributed by atoms with E-state index in [4.69, 9.17) is 18.9 Å². The van der Waals surface area contributed by atoms with Crippen molar-refractivity contribution in [2.75, 3.05) is 47.5 Å². The summed E-state index contributed by atoms with van der Waals surface area (Å²) in [5, 5.41) is 9.68. The molecule has 0 aromatic heterocycles. The Hall–Kier alpha value is -3.01. The van der Waals surface area contributed by atoms with E-state index in [9.17, 15) is 19.5 Å². The van der Waals surface area contributed by atoms with Crippen molar-refractivity contribution in [3.8, 4) is 0 Å². The molecule has 0 aliphatic heterocycles. The molecule has 0 aromatic carbocycles. The number of carboxylic acid groups (broad SMARTS) is 1. The number of nitrogens with zero attached hydrogens (tertiary/aromatic N) is 1. The maximum Gasteiger partial charge on any atom is 0.361 e. The lowest BCUT2D eigenvalue weighted by Gasteiger charge is -2.25. The van der Waals surface area contributed by atoms with Gasteiger partial charge in [-0.2, -0.15) is 0 Å². The summed E-state index contributed by atoms with van der Waals surface area (Å²) in [7, 11) is 5.96. The van der Waals surface area contributed by atoms with Gasteiger partial charge in [0.15, 0.2) is 6.10 Å². The van der Waals surface area contributed by atoms with E-state index in [1.54, 1.807) is 0 Å². The molecular formula is C58H104NO8+. The van der Waals surface area contributed by atoms with Gasteiger partial charge >= 0.3 is 17.9 Å². The van der Waals surface area contributed by atoms with Crippen LogP contribution < -0.4 is 0 Å². The summed E-state index contributed by atoms with van der Waals surface area (Å²) in [5.41, 5.74) is 0. The van der Waals surface area contributed by atoms with Gasteiger partial charge in [-0.1, -0.05) is 203 Å². The number of allylic oxidation sites excluding steroid dienone is 10. The lowest BCUT2D eigenvalue weighted by Crippen LogP contribution is -2.40. The molecule has 0 aliphatic rings. The number of likely N-dealkylation sites (N-methyl/N-ethyl adjacent to an activating group) is 1. The molecule has 9 nitrogen and oxygen atoms in total. The highest BCUT2D eigenvalue weighted by Gasteiger charge is 2.25. The highest BCUT2D eigenvalue weighted by atomic mass is 16.7. The van der Waals surface area contributed by atoms with Crippen molar-refractivity contribution in [2.24, 2.45) is 0 Å². The minimum atomic E-state index is -1.51. The molecule has 0 aliphatic carbocycles. The average molecular weight is 943 g/mol. The Bertz CT molecular complexity index is 1280. The fraction of sp³-hybridized carbons (Fsp3) is 0.776. The van der Waals surface area contributed by atoms with Crippen LogP contribution >= 0.6 is 0 Å². The maximum atomic E-state index is 12.8. The van der Waals surface area contributed by atoms with Crippen LogP contribution in [0.2, 0.25) is 0 Å². The number of quaternary nitrogens is 1. The monoisotopic (exact) mass is 943 g/mol. The van der Waals surface area contributed by atoms with Crippen LogP contribution in [0.15, 0.2) is 60.8 Å². The minimum absolute atomic E-state index is 0.184. The van der Waals surface area contributed by atoms with Crippen molar-refractivity contribution in [1.82, 2.24) is 0 Å². The predicted octanol–water partition coefficient (Wildman–Crippen LogP) is 15.7. The molecule has 9 heteroatoms. The topological polar surface area (TPSA) is 108 Å². The third-order valence-electron chi connectivity index (χ3n) is 11.8. The second-order valence-electron chi connectivity index (χ2n) is 19.5. The van der Waals surface area contributed by atoms with Gasteiger partial charge in [-0.3, -0.25) is 9.59 Å². The van der Waals surface area contributed by atoms with Crippen molar-refractivity contribution >= 4 is 17.9 Å². The van der Waals surface area contributed by atoms with Crippen LogP contribution in [0.4, 0.5) is 0 Å². The van der Waals surface area contributed by atoms with Crippen LogP contribution in [-0.2, 0) is 33.3 Å². The van der Waals surface area contributed by atoms with E-state index in [0.29, 0.717) is 23.9 Å². The van der Waals surface area contributed by atoms with Gasteiger partial charge in [0.1, 0.15) is 13.2 Å². The third-order valence-corrected chi connectivity index (χ3v) is 11.8. The first-order valence-corrected chi connectivity index (χ1v) is 27.5. The molecule has 0 aromatic rings. The first-order valence-electron chi connectivity index (χ1n) is 27.5. The first kappa shape index (κ1) is 64.0. The van der Waals surface area contributed by atoms with Crippen molar-refractivity contribution in [3.05, 3.63) is 60.8 Å². The third kappa shape index (κ3) is 50.7. The van der Waals surface area contributed by atoms with E-state index >= 15 is 0 Å². The Morgan fingerprint density at radius 3 is 1.27 bits per heavy atom. The van der Waals surface area contributed by atoms with Crippen LogP contribution in [0.1, 0.15) is 232 Å². The smallest absolute Gasteiger partial charge is 0.361 e. The molecule has 0 bridgehead atoms. The van der Waals surface area contributed by atoms with E-state index in [0.717, 1.165) is 70.6 Å². The Labute approximate surface area is 412 Å². The van der Waals surface area contributed by atoms with E-state index in [2.05, 4.69) is 74.6 Å². The summed E-state index contributed by atoms with van der Waals surface area (Å²) >= 11 is 0. The molecule has 0 amide bonds. The number of hydrogen-bond donors (Lipinski definition) is 1. The molecule has 0 radical (unpaired) electrons. The lowest BCUT2D eigenvalue weighted by atomic mass is 10.0. The Morgan fingerprint density at radius 1 is 0.463 bits per heavy atom. The van der Waals surface area contributed by atoms with E-state index in [-0.39, 0.29) is 32.2 Å². The van der Waals surface area contributed by atoms with Crippen molar-refractivity contribution in [3.63, 3.8) is 0 Å². The number of hydrogen-bond acceptors (Lipinski definition) is 7.